The minimum Gasteiger partial charge on any atom is -0.487 e. The molecule has 0 aliphatic rings. The normalized spacial score (nSPS) is 10.7. The monoisotopic (exact) mass is 279 g/mol. The van der Waals surface area contributed by atoms with Gasteiger partial charge >= 0.3 is 0 Å². The van der Waals surface area contributed by atoms with Crippen molar-refractivity contribution in [3.05, 3.63) is 47.0 Å². The molecule has 102 valence electrons. The number of nitrogens with one attached hydrogen (secondary N) is 1. The molecule has 0 fully saturated rings. The number of imidazole rings is 1. The first-order chi connectivity index (χ1) is 9.20. The van der Waals surface area contributed by atoms with Crippen LogP contribution in [0.1, 0.15) is 18.2 Å². The Balaban J connectivity index is 2.08. The molecule has 0 aliphatic carbocycles. The first kappa shape index (κ1) is 13.9. The fourth-order valence-electron chi connectivity index (χ4n) is 1.76. The highest BCUT2D eigenvalue weighted by Crippen LogP contribution is 2.23. The van der Waals surface area contributed by atoms with Crippen LogP contribution in [0.25, 0.3) is 0 Å². The van der Waals surface area contributed by atoms with Gasteiger partial charge < -0.3 is 14.6 Å². The number of benzene rings is 1. The molecule has 4 nitrogen and oxygen atoms in total. The fourth-order valence-corrected chi connectivity index (χ4v) is 1.96. The van der Waals surface area contributed by atoms with E-state index in [0.717, 1.165) is 35.1 Å². The molecule has 2 rings (SSSR count). The summed E-state index contributed by atoms with van der Waals surface area (Å²) in [5.41, 5.74) is 2.10. The van der Waals surface area contributed by atoms with Crippen LogP contribution < -0.4 is 10.1 Å². The van der Waals surface area contributed by atoms with Gasteiger partial charge in [-0.3, -0.25) is 0 Å². The molecule has 2 aromatic rings. The first-order valence-corrected chi connectivity index (χ1v) is 6.65. The Morgan fingerprint density at radius 1 is 1.42 bits per heavy atom. The average Bonchev–Trinajstić information content (AvgIpc) is 2.81. The summed E-state index contributed by atoms with van der Waals surface area (Å²) < 4.78 is 7.80. The van der Waals surface area contributed by atoms with Crippen LogP contribution in [0.5, 0.6) is 5.75 Å². The number of ether oxygens (including phenoxy) is 1. The lowest BCUT2D eigenvalue weighted by Gasteiger charge is -2.12. The third kappa shape index (κ3) is 3.72. The molecule has 0 saturated heterocycles. The lowest BCUT2D eigenvalue weighted by atomic mass is 10.2. The predicted molar refractivity (Wildman–Crippen MR) is 76.4 cm³/mol. The molecule has 19 heavy (non-hydrogen) atoms. The zero-order valence-electron chi connectivity index (χ0n) is 11.2. The van der Waals surface area contributed by atoms with Crippen LogP contribution in [-0.4, -0.2) is 16.1 Å². The lowest BCUT2D eigenvalue weighted by Crippen LogP contribution is -2.13. The van der Waals surface area contributed by atoms with Crippen molar-refractivity contribution in [3.8, 4) is 5.75 Å². The van der Waals surface area contributed by atoms with E-state index in [1.54, 1.807) is 12.5 Å². The summed E-state index contributed by atoms with van der Waals surface area (Å²) in [5, 5.41) is 4.00. The third-order valence-corrected chi connectivity index (χ3v) is 3.12. The van der Waals surface area contributed by atoms with Crippen LogP contribution in [0, 0.1) is 0 Å². The van der Waals surface area contributed by atoms with Crippen LogP contribution in [0.3, 0.4) is 0 Å². The average molecular weight is 280 g/mol. The van der Waals surface area contributed by atoms with Gasteiger partial charge in [0, 0.05) is 24.2 Å². The van der Waals surface area contributed by atoms with E-state index in [1.807, 2.05) is 29.8 Å². The summed E-state index contributed by atoms with van der Waals surface area (Å²) in [6.45, 7) is 4.23. The van der Waals surface area contributed by atoms with E-state index in [2.05, 4.69) is 17.2 Å². The number of rotatable bonds is 6. The summed E-state index contributed by atoms with van der Waals surface area (Å²) in [4.78, 5) is 4.07. The maximum Gasteiger partial charge on any atom is 0.130 e. The topological polar surface area (TPSA) is 39.1 Å². The SMILES string of the molecule is CCNCc1cc(Cl)ccc1OCc1cncn1C. The third-order valence-electron chi connectivity index (χ3n) is 2.88. The molecular weight excluding hydrogens is 262 g/mol. The predicted octanol–water partition coefficient (Wildman–Crippen LogP) is 2.76. The molecule has 0 aliphatic heterocycles. The van der Waals surface area contributed by atoms with Gasteiger partial charge in [-0.15, -0.1) is 0 Å². The van der Waals surface area contributed by atoms with E-state index < -0.39 is 0 Å². The molecule has 1 aromatic carbocycles. The van der Waals surface area contributed by atoms with Gasteiger partial charge in [0.2, 0.25) is 0 Å². The van der Waals surface area contributed by atoms with Gasteiger partial charge in [0.15, 0.2) is 0 Å². The van der Waals surface area contributed by atoms with Crippen molar-refractivity contribution in [1.29, 1.82) is 0 Å². The second-order valence-electron chi connectivity index (χ2n) is 4.32. The maximum atomic E-state index is 6.02. The van der Waals surface area contributed by atoms with E-state index in [1.165, 1.54) is 0 Å². The van der Waals surface area contributed by atoms with Crippen LogP contribution in [-0.2, 0) is 20.2 Å². The zero-order chi connectivity index (χ0) is 13.7. The maximum absolute atomic E-state index is 6.02. The van der Waals surface area contributed by atoms with Gasteiger partial charge in [0.05, 0.1) is 18.2 Å². The lowest BCUT2D eigenvalue weighted by molar-refractivity contribution is 0.293. The molecule has 0 spiro atoms. The molecular formula is C14H18ClN3O. The van der Waals surface area contributed by atoms with Crippen LogP contribution >= 0.6 is 11.6 Å². The van der Waals surface area contributed by atoms with Gasteiger partial charge in [0.25, 0.3) is 0 Å². The van der Waals surface area contributed by atoms with Gasteiger partial charge in [-0.25, -0.2) is 4.98 Å². The Morgan fingerprint density at radius 3 is 2.95 bits per heavy atom. The number of halogens is 1. The molecule has 1 N–H and O–H groups in total. The summed E-state index contributed by atoms with van der Waals surface area (Å²) >= 11 is 6.02. The van der Waals surface area contributed by atoms with E-state index >= 15 is 0 Å². The highest BCUT2D eigenvalue weighted by atomic mass is 35.5. The zero-order valence-corrected chi connectivity index (χ0v) is 11.9. The molecule has 0 unspecified atom stereocenters. The van der Waals surface area contributed by atoms with Gasteiger partial charge in [-0.1, -0.05) is 18.5 Å². The number of aryl methyl sites for hydroxylation is 1. The summed E-state index contributed by atoms with van der Waals surface area (Å²) in [6, 6.07) is 5.68. The standard InChI is InChI=1S/C14H18ClN3O/c1-3-16-7-11-6-12(15)4-5-14(11)19-9-13-8-17-10-18(13)2/h4-6,8,10,16H,3,7,9H2,1-2H3. The van der Waals surface area contributed by atoms with Crippen molar-refractivity contribution < 1.29 is 4.74 Å². The van der Waals surface area contributed by atoms with E-state index in [9.17, 15) is 0 Å². The van der Waals surface area contributed by atoms with E-state index in [-0.39, 0.29) is 0 Å². The molecule has 0 bridgehead atoms. The quantitative estimate of drug-likeness (QED) is 0.884. The van der Waals surface area contributed by atoms with Gasteiger partial charge in [-0.05, 0) is 24.7 Å². The Bertz CT molecular complexity index is 539. The molecule has 5 heteroatoms. The van der Waals surface area contributed by atoms with Crippen molar-refractivity contribution in [2.24, 2.45) is 7.05 Å². The molecule has 0 saturated carbocycles. The minimum atomic E-state index is 0.497. The van der Waals surface area contributed by atoms with Gasteiger partial charge in [-0.2, -0.15) is 0 Å². The van der Waals surface area contributed by atoms with Crippen molar-refractivity contribution in [1.82, 2.24) is 14.9 Å². The molecule has 1 aromatic heterocycles. The van der Waals surface area contributed by atoms with Crippen LogP contribution in [0.2, 0.25) is 5.02 Å². The molecule has 0 radical (unpaired) electrons. The summed E-state index contributed by atoms with van der Waals surface area (Å²) in [6.07, 6.45) is 3.57. The Morgan fingerprint density at radius 2 is 2.26 bits per heavy atom. The summed E-state index contributed by atoms with van der Waals surface area (Å²) in [7, 11) is 1.95. The fraction of sp³-hybridized carbons (Fsp3) is 0.357. The smallest absolute Gasteiger partial charge is 0.130 e. The van der Waals surface area contributed by atoms with Crippen molar-refractivity contribution in [3.63, 3.8) is 0 Å². The van der Waals surface area contributed by atoms with Crippen molar-refractivity contribution in [2.45, 2.75) is 20.1 Å². The molecule has 0 amide bonds. The number of hydrogen-bond acceptors (Lipinski definition) is 3. The second-order valence-corrected chi connectivity index (χ2v) is 4.75. The minimum absolute atomic E-state index is 0.497. The Labute approximate surface area is 118 Å². The van der Waals surface area contributed by atoms with E-state index in [0.29, 0.717) is 6.61 Å². The highest BCUT2D eigenvalue weighted by Gasteiger charge is 2.06. The van der Waals surface area contributed by atoms with Crippen molar-refractivity contribution in [2.75, 3.05) is 6.54 Å². The van der Waals surface area contributed by atoms with Crippen molar-refractivity contribution >= 4 is 11.6 Å². The largest absolute Gasteiger partial charge is 0.487 e. The van der Waals surface area contributed by atoms with Crippen LogP contribution in [0.15, 0.2) is 30.7 Å². The molecule has 1 heterocycles. The Kier molecular flexibility index (Phi) is 4.82. The number of hydrogen-bond donors (Lipinski definition) is 1. The Hall–Kier alpha value is -1.52. The number of aromatic nitrogens is 2. The number of nitrogens with zero attached hydrogens (tertiary/aromatic N) is 2. The van der Waals surface area contributed by atoms with Crippen LogP contribution in [0.4, 0.5) is 0 Å². The summed E-state index contributed by atoms with van der Waals surface area (Å²) in [5.74, 6) is 0.853. The second kappa shape index (κ2) is 6.59. The first-order valence-electron chi connectivity index (χ1n) is 6.28. The van der Waals surface area contributed by atoms with E-state index in [4.69, 9.17) is 16.3 Å². The highest BCUT2D eigenvalue weighted by molar-refractivity contribution is 6.30. The molecule has 0 atom stereocenters. The van der Waals surface area contributed by atoms with Gasteiger partial charge in [0.1, 0.15) is 12.4 Å².